The molecule has 120 valence electrons. The van der Waals surface area contributed by atoms with Gasteiger partial charge in [-0.05, 0) is 12.1 Å². The van der Waals surface area contributed by atoms with Crippen molar-refractivity contribution in [2.45, 2.75) is 0 Å². The highest BCUT2D eigenvalue weighted by Crippen LogP contribution is 2.26. The monoisotopic (exact) mass is 316 g/mol. The van der Waals surface area contributed by atoms with Gasteiger partial charge in [0, 0.05) is 30.9 Å². The Morgan fingerprint density at radius 2 is 1.67 bits per heavy atom. The zero-order valence-corrected chi connectivity index (χ0v) is 13.7. The van der Waals surface area contributed by atoms with Crippen LogP contribution in [0.2, 0.25) is 0 Å². The second kappa shape index (κ2) is 7.42. The molecule has 0 bridgehead atoms. The summed E-state index contributed by atoms with van der Waals surface area (Å²) >= 11 is 0. The van der Waals surface area contributed by atoms with Crippen molar-refractivity contribution in [2.75, 3.05) is 23.8 Å². The first-order valence-electron chi connectivity index (χ1n) is 7.86. The minimum absolute atomic E-state index is 0.653. The van der Waals surface area contributed by atoms with E-state index in [2.05, 4.69) is 29.0 Å². The Balaban J connectivity index is 2.03. The number of nitrogens with one attached hydrogen (secondary N) is 1. The molecule has 0 aliphatic carbocycles. The van der Waals surface area contributed by atoms with E-state index < -0.39 is 0 Å². The molecule has 1 aromatic heterocycles. The Morgan fingerprint density at radius 3 is 2.33 bits per heavy atom. The summed E-state index contributed by atoms with van der Waals surface area (Å²) in [5.41, 5.74) is 2.06. The molecule has 0 saturated heterocycles. The third-order valence-electron chi connectivity index (χ3n) is 3.66. The molecule has 0 fully saturated rings. The number of hydrogen-bond donors (Lipinski definition) is 1. The maximum absolute atomic E-state index is 4.74. The lowest BCUT2D eigenvalue weighted by molar-refractivity contribution is 1.08. The summed E-state index contributed by atoms with van der Waals surface area (Å²) in [6.45, 7) is 4.40. The molecule has 0 radical (unpaired) electrons. The molecule has 0 aliphatic rings. The van der Waals surface area contributed by atoms with Crippen LogP contribution in [0, 0.1) is 0 Å². The van der Waals surface area contributed by atoms with Crippen LogP contribution < -0.4 is 10.2 Å². The standard InChI is InChI=1S/C20H20N4/c1-3-14-21-18-15-19(24(2)17-12-8-5-9-13-17)23-20(22-18)16-10-6-4-7-11-16/h3-13,15H,1,14H2,2H3,(H,21,22,23). The fourth-order valence-corrected chi connectivity index (χ4v) is 2.37. The smallest absolute Gasteiger partial charge is 0.163 e. The molecule has 1 N–H and O–H groups in total. The van der Waals surface area contributed by atoms with Crippen molar-refractivity contribution < 1.29 is 0 Å². The first-order chi connectivity index (χ1) is 11.8. The fourth-order valence-electron chi connectivity index (χ4n) is 2.37. The molecule has 4 nitrogen and oxygen atoms in total. The second-order valence-electron chi connectivity index (χ2n) is 5.37. The maximum atomic E-state index is 4.74. The van der Waals surface area contributed by atoms with Crippen molar-refractivity contribution in [1.29, 1.82) is 0 Å². The molecule has 24 heavy (non-hydrogen) atoms. The molecule has 0 saturated carbocycles. The Morgan fingerprint density at radius 1 is 1.00 bits per heavy atom. The molecule has 0 spiro atoms. The van der Waals surface area contributed by atoms with Gasteiger partial charge in [-0.1, -0.05) is 54.6 Å². The first kappa shape index (κ1) is 15.7. The summed E-state index contributed by atoms with van der Waals surface area (Å²) in [5.74, 6) is 2.31. The van der Waals surface area contributed by atoms with E-state index in [1.54, 1.807) is 0 Å². The molecule has 3 rings (SSSR count). The van der Waals surface area contributed by atoms with E-state index in [9.17, 15) is 0 Å². The van der Waals surface area contributed by atoms with Crippen LogP contribution in [0.1, 0.15) is 0 Å². The lowest BCUT2D eigenvalue weighted by Crippen LogP contribution is -2.13. The van der Waals surface area contributed by atoms with E-state index in [0.717, 1.165) is 22.9 Å². The maximum Gasteiger partial charge on any atom is 0.163 e. The molecule has 4 heteroatoms. The van der Waals surface area contributed by atoms with Crippen molar-refractivity contribution >= 4 is 17.3 Å². The van der Waals surface area contributed by atoms with Crippen LogP contribution in [0.5, 0.6) is 0 Å². The summed E-state index contributed by atoms with van der Waals surface area (Å²) < 4.78 is 0. The van der Waals surface area contributed by atoms with E-state index in [1.165, 1.54) is 0 Å². The molecular weight excluding hydrogens is 296 g/mol. The number of rotatable bonds is 6. The van der Waals surface area contributed by atoms with Gasteiger partial charge in [0.1, 0.15) is 11.6 Å². The molecule has 0 amide bonds. The zero-order valence-electron chi connectivity index (χ0n) is 13.7. The fraction of sp³-hybridized carbons (Fsp3) is 0.100. The predicted molar refractivity (Wildman–Crippen MR) is 101 cm³/mol. The third kappa shape index (κ3) is 3.60. The number of anilines is 3. The van der Waals surface area contributed by atoms with Gasteiger partial charge in [0.2, 0.25) is 0 Å². The highest BCUT2D eigenvalue weighted by atomic mass is 15.2. The average molecular weight is 316 g/mol. The van der Waals surface area contributed by atoms with Gasteiger partial charge >= 0.3 is 0 Å². The lowest BCUT2D eigenvalue weighted by Gasteiger charge is -2.20. The summed E-state index contributed by atoms with van der Waals surface area (Å²) in [7, 11) is 2.00. The van der Waals surface area contributed by atoms with Crippen LogP contribution in [0.25, 0.3) is 11.4 Å². The number of aromatic nitrogens is 2. The third-order valence-corrected chi connectivity index (χ3v) is 3.66. The lowest BCUT2D eigenvalue weighted by atomic mass is 10.2. The Bertz CT molecular complexity index is 800. The van der Waals surface area contributed by atoms with Crippen molar-refractivity contribution in [2.24, 2.45) is 0 Å². The van der Waals surface area contributed by atoms with Crippen molar-refractivity contribution in [3.8, 4) is 11.4 Å². The van der Waals surface area contributed by atoms with Gasteiger partial charge in [-0.25, -0.2) is 9.97 Å². The van der Waals surface area contributed by atoms with Crippen LogP contribution in [0.15, 0.2) is 79.4 Å². The van der Waals surface area contributed by atoms with E-state index >= 15 is 0 Å². The molecule has 1 heterocycles. The topological polar surface area (TPSA) is 41.0 Å². The first-order valence-corrected chi connectivity index (χ1v) is 7.86. The minimum atomic E-state index is 0.653. The Kier molecular flexibility index (Phi) is 4.87. The van der Waals surface area contributed by atoms with E-state index in [1.807, 2.05) is 72.6 Å². The van der Waals surface area contributed by atoms with Crippen LogP contribution >= 0.6 is 0 Å². The largest absolute Gasteiger partial charge is 0.366 e. The van der Waals surface area contributed by atoms with Gasteiger partial charge in [0.15, 0.2) is 5.82 Å². The normalized spacial score (nSPS) is 10.2. The van der Waals surface area contributed by atoms with Gasteiger partial charge in [-0.3, -0.25) is 0 Å². The van der Waals surface area contributed by atoms with E-state index in [0.29, 0.717) is 12.4 Å². The molecule has 0 aliphatic heterocycles. The van der Waals surface area contributed by atoms with E-state index in [-0.39, 0.29) is 0 Å². The quantitative estimate of drug-likeness (QED) is 0.679. The van der Waals surface area contributed by atoms with Crippen molar-refractivity contribution in [3.05, 3.63) is 79.4 Å². The summed E-state index contributed by atoms with van der Waals surface area (Å²) in [4.78, 5) is 11.4. The Labute approximate surface area is 142 Å². The minimum Gasteiger partial charge on any atom is -0.366 e. The number of benzene rings is 2. The summed E-state index contributed by atoms with van der Waals surface area (Å²) in [6, 6.07) is 22.1. The van der Waals surface area contributed by atoms with Crippen LogP contribution in [0.4, 0.5) is 17.3 Å². The highest BCUT2D eigenvalue weighted by Gasteiger charge is 2.11. The zero-order chi connectivity index (χ0) is 16.8. The summed E-state index contributed by atoms with van der Waals surface area (Å²) in [5, 5.41) is 3.26. The SMILES string of the molecule is C=CCNc1cc(N(C)c2ccccc2)nc(-c2ccccc2)n1. The van der Waals surface area contributed by atoms with Gasteiger partial charge in [-0.15, -0.1) is 6.58 Å². The van der Waals surface area contributed by atoms with Gasteiger partial charge in [0.05, 0.1) is 0 Å². The molecule has 0 unspecified atom stereocenters. The van der Waals surface area contributed by atoms with Gasteiger partial charge < -0.3 is 10.2 Å². The molecule has 0 atom stereocenters. The number of nitrogens with zero attached hydrogens (tertiary/aromatic N) is 3. The molecule has 2 aromatic carbocycles. The van der Waals surface area contributed by atoms with Crippen LogP contribution in [0.3, 0.4) is 0 Å². The molecule has 3 aromatic rings. The highest BCUT2D eigenvalue weighted by molar-refractivity contribution is 5.66. The molecular formula is C20H20N4. The number of para-hydroxylation sites is 1. The summed E-state index contributed by atoms with van der Waals surface area (Å²) in [6.07, 6.45) is 1.81. The van der Waals surface area contributed by atoms with Crippen LogP contribution in [-0.2, 0) is 0 Å². The second-order valence-corrected chi connectivity index (χ2v) is 5.37. The van der Waals surface area contributed by atoms with Crippen molar-refractivity contribution in [3.63, 3.8) is 0 Å². The van der Waals surface area contributed by atoms with Gasteiger partial charge in [-0.2, -0.15) is 0 Å². The predicted octanol–water partition coefficient (Wildman–Crippen LogP) is 4.51. The Hall–Kier alpha value is -3.14. The van der Waals surface area contributed by atoms with Gasteiger partial charge in [0.25, 0.3) is 0 Å². The van der Waals surface area contributed by atoms with Crippen molar-refractivity contribution in [1.82, 2.24) is 9.97 Å². The van der Waals surface area contributed by atoms with E-state index in [4.69, 9.17) is 4.98 Å². The average Bonchev–Trinajstić information content (AvgIpc) is 2.67. The number of hydrogen-bond acceptors (Lipinski definition) is 4. The van der Waals surface area contributed by atoms with Crippen LogP contribution in [-0.4, -0.2) is 23.6 Å².